The molecule has 0 saturated carbocycles. The predicted octanol–water partition coefficient (Wildman–Crippen LogP) is 4.22. The molecular formula is C21H26ClN3O2. The van der Waals surface area contributed by atoms with Crippen LogP contribution in [0, 0.1) is 12.8 Å². The van der Waals surface area contributed by atoms with Gasteiger partial charge in [-0.3, -0.25) is 0 Å². The van der Waals surface area contributed by atoms with Crippen molar-refractivity contribution in [1.29, 1.82) is 0 Å². The van der Waals surface area contributed by atoms with E-state index in [1.165, 1.54) is 0 Å². The molecule has 0 amide bonds. The molecule has 0 aliphatic carbocycles. The van der Waals surface area contributed by atoms with Gasteiger partial charge >= 0.3 is 0 Å². The van der Waals surface area contributed by atoms with Gasteiger partial charge in [-0.15, -0.1) is 0 Å². The topological polar surface area (TPSA) is 60.1 Å². The van der Waals surface area contributed by atoms with Gasteiger partial charge < -0.3 is 20.2 Å². The first-order valence-electron chi connectivity index (χ1n) is 9.22. The van der Waals surface area contributed by atoms with Gasteiger partial charge in [0.2, 0.25) is 0 Å². The fraction of sp³-hybridized carbons (Fsp3) is 0.381. The smallest absolute Gasteiger partial charge is 0.123 e. The van der Waals surface area contributed by atoms with Gasteiger partial charge in [-0.1, -0.05) is 29.8 Å². The number of likely N-dealkylation sites (tertiary alicyclic amines) is 1. The summed E-state index contributed by atoms with van der Waals surface area (Å²) in [5.41, 5.74) is 2.08. The van der Waals surface area contributed by atoms with E-state index in [-0.39, 0.29) is 0 Å². The molecule has 3 rings (SSSR count). The zero-order chi connectivity index (χ0) is 19.1. The highest BCUT2D eigenvalue weighted by atomic mass is 35.5. The molecular weight excluding hydrogens is 362 g/mol. The van der Waals surface area contributed by atoms with Crippen LogP contribution in [-0.4, -0.2) is 30.9 Å². The van der Waals surface area contributed by atoms with Crippen molar-refractivity contribution in [1.82, 2.24) is 4.90 Å². The number of hydrazone groups is 1. The second-order valence-electron chi connectivity index (χ2n) is 6.92. The Bertz CT molecular complexity index is 774. The van der Waals surface area contributed by atoms with Crippen LogP contribution in [0.15, 0.2) is 47.6 Å². The maximum absolute atomic E-state index is 6.20. The predicted molar refractivity (Wildman–Crippen MR) is 109 cm³/mol. The second-order valence-corrected chi connectivity index (χ2v) is 7.32. The van der Waals surface area contributed by atoms with Crippen LogP contribution >= 0.6 is 11.6 Å². The van der Waals surface area contributed by atoms with Crippen molar-refractivity contribution in [3.05, 3.63) is 58.6 Å². The molecule has 2 aromatic rings. The summed E-state index contributed by atoms with van der Waals surface area (Å²) in [5.74, 6) is 7.39. The van der Waals surface area contributed by atoms with E-state index in [9.17, 15) is 0 Å². The van der Waals surface area contributed by atoms with Crippen LogP contribution in [0.25, 0.3) is 0 Å². The molecule has 0 unspecified atom stereocenters. The van der Waals surface area contributed by atoms with Gasteiger partial charge in [-0.05, 0) is 49.4 Å². The van der Waals surface area contributed by atoms with Gasteiger partial charge in [0.15, 0.2) is 0 Å². The summed E-state index contributed by atoms with van der Waals surface area (Å²) in [7, 11) is 0. The lowest BCUT2D eigenvalue weighted by Gasteiger charge is -2.30. The molecule has 1 heterocycles. The normalized spacial score (nSPS) is 15.3. The minimum Gasteiger partial charge on any atom is -0.493 e. The highest BCUT2D eigenvalue weighted by molar-refractivity contribution is 6.31. The number of benzene rings is 2. The van der Waals surface area contributed by atoms with E-state index < -0.39 is 0 Å². The number of aryl methyl sites for hydroxylation is 1. The summed E-state index contributed by atoms with van der Waals surface area (Å²) in [6.45, 7) is 5.12. The lowest BCUT2D eigenvalue weighted by Crippen LogP contribution is -2.34. The summed E-state index contributed by atoms with van der Waals surface area (Å²) in [6.07, 6.45) is 3.86. The fourth-order valence-corrected chi connectivity index (χ4v) is 3.39. The van der Waals surface area contributed by atoms with E-state index in [0.29, 0.717) is 24.2 Å². The maximum atomic E-state index is 6.20. The minimum atomic E-state index is 0.434. The van der Waals surface area contributed by atoms with E-state index in [1.807, 2.05) is 49.4 Å². The second kappa shape index (κ2) is 9.51. The third-order valence-electron chi connectivity index (χ3n) is 4.74. The zero-order valence-electron chi connectivity index (χ0n) is 15.6. The molecule has 0 spiro atoms. The van der Waals surface area contributed by atoms with Crippen molar-refractivity contribution in [3.63, 3.8) is 0 Å². The Morgan fingerprint density at radius 1 is 1.15 bits per heavy atom. The van der Waals surface area contributed by atoms with Gasteiger partial charge in [-0.25, -0.2) is 0 Å². The van der Waals surface area contributed by atoms with Crippen LogP contribution in [-0.2, 0) is 6.61 Å². The molecule has 0 aromatic heterocycles. The first kappa shape index (κ1) is 19.4. The van der Waals surface area contributed by atoms with Crippen molar-refractivity contribution in [2.24, 2.45) is 16.9 Å². The van der Waals surface area contributed by atoms with Crippen LogP contribution in [0.2, 0.25) is 5.02 Å². The Kier molecular flexibility index (Phi) is 6.82. The first-order chi connectivity index (χ1) is 13.1. The fourth-order valence-electron chi connectivity index (χ4n) is 3.20. The monoisotopic (exact) mass is 387 g/mol. The van der Waals surface area contributed by atoms with Crippen LogP contribution in [0.3, 0.4) is 0 Å². The number of piperidine rings is 1. The maximum Gasteiger partial charge on any atom is 0.123 e. The Labute approximate surface area is 165 Å². The van der Waals surface area contributed by atoms with E-state index in [0.717, 1.165) is 48.6 Å². The van der Waals surface area contributed by atoms with Crippen molar-refractivity contribution in [2.45, 2.75) is 26.4 Å². The number of nitrogens with zero attached hydrogens (tertiary/aromatic N) is 2. The molecule has 6 heteroatoms. The zero-order valence-corrected chi connectivity index (χ0v) is 16.4. The first-order valence-corrected chi connectivity index (χ1v) is 9.60. The summed E-state index contributed by atoms with van der Waals surface area (Å²) in [5, 5.41) is 4.31. The van der Waals surface area contributed by atoms with Crippen molar-refractivity contribution in [2.75, 3.05) is 19.7 Å². The number of hydrogen-bond acceptors (Lipinski definition) is 4. The Hall–Kier alpha value is -2.40. The van der Waals surface area contributed by atoms with E-state index >= 15 is 0 Å². The Balaban J connectivity index is 1.53. The average Bonchev–Trinajstić information content (AvgIpc) is 2.67. The third-order valence-corrected chi connectivity index (χ3v) is 5.11. The standard InChI is InChI=1S/C21H26ClN3O2/c1-16-10-19(26-13-17-6-8-25(9-7-17)15-24-23)12-20(11-16)27-14-18-4-2-3-5-21(18)22/h2-5,10-12,15,17H,6-9,13-14,23H2,1H3/b24-15-. The van der Waals surface area contributed by atoms with E-state index in [1.54, 1.807) is 6.34 Å². The van der Waals surface area contributed by atoms with Gasteiger partial charge in [0.1, 0.15) is 24.4 Å². The average molecular weight is 388 g/mol. The molecule has 0 atom stereocenters. The van der Waals surface area contributed by atoms with Crippen LogP contribution in [0.5, 0.6) is 11.5 Å². The Morgan fingerprint density at radius 2 is 1.85 bits per heavy atom. The van der Waals surface area contributed by atoms with Crippen LogP contribution in [0.4, 0.5) is 0 Å². The van der Waals surface area contributed by atoms with Gasteiger partial charge in [0.25, 0.3) is 0 Å². The van der Waals surface area contributed by atoms with Gasteiger partial charge in [0, 0.05) is 29.7 Å². The number of hydrogen-bond donors (Lipinski definition) is 1. The summed E-state index contributed by atoms with van der Waals surface area (Å²) in [6, 6.07) is 13.7. The van der Waals surface area contributed by atoms with Gasteiger partial charge in [-0.2, -0.15) is 5.10 Å². The summed E-state index contributed by atoms with van der Waals surface area (Å²) in [4.78, 5) is 2.14. The van der Waals surface area contributed by atoms with Crippen molar-refractivity contribution < 1.29 is 9.47 Å². The molecule has 5 nitrogen and oxygen atoms in total. The SMILES string of the molecule is Cc1cc(OCc2ccccc2Cl)cc(OCC2CCN(/C=N\N)CC2)c1. The molecule has 1 aliphatic rings. The highest BCUT2D eigenvalue weighted by Crippen LogP contribution is 2.26. The molecule has 27 heavy (non-hydrogen) atoms. The Morgan fingerprint density at radius 3 is 2.56 bits per heavy atom. The quantitative estimate of drug-likeness (QED) is 0.334. The highest BCUT2D eigenvalue weighted by Gasteiger charge is 2.18. The molecule has 144 valence electrons. The summed E-state index contributed by atoms with van der Waals surface area (Å²) < 4.78 is 12.0. The van der Waals surface area contributed by atoms with Crippen molar-refractivity contribution in [3.8, 4) is 11.5 Å². The third kappa shape index (κ3) is 5.79. The number of halogens is 1. The van der Waals surface area contributed by atoms with Crippen LogP contribution < -0.4 is 15.3 Å². The molecule has 2 N–H and O–H groups in total. The molecule has 0 radical (unpaired) electrons. The largest absolute Gasteiger partial charge is 0.493 e. The number of rotatable bonds is 7. The molecule has 1 fully saturated rings. The number of nitrogens with two attached hydrogens (primary N) is 1. The lowest BCUT2D eigenvalue weighted by molar-refractivity contribution is 0.182. The van der Waals surface area contributed by atoms with Gasteiger partial charge in [0.05, 0.1) is 6.61 Å². The van der Waals surface area contributed by atoms with Crippen LogP contribution in [0.1, 0.15) is 24.0 Å². The lowest BCUT2D eigenvalue weighted by atomic mass is 9.98. The molecule has 2 aromatic carbocycles. The van der Waals surface area contributed by atoms with Crippen molar-refractivity contribution >= 4 is 17.9 Å². The summed E-state index contributed by atoms with van der Waals surface area (Å²) >= 11 is 6.20. The van der Waals surface area contributed by atoms with E-state index in [2.05, 4.69) is 10.0 Å². The minimum absolute atomic E-state index is 0.434. The molecule has 1 aliphatic heterocycles. The molecule has 1 saturated heterocycles. The van der Waals surface area contributed by atoms with E-state index in [4.69, 9.17) is 26.9 Å². The number of ether oxygens (including phenoxy) is 2. The molecule has 0 bridgehead atoms.